The van der Waals surface area contributed by atoms with Crippen LogP contribution in [0.25, 0.3) is 0 Å². The van der Waals surface area contributed by atoms with Crippen LogP contribution in [-0.4, -0.2) is 34.6 Å². The van der Waals surface area contributed by atoms with Crippen molar-refractivity contribution in [3.63, 3.8) is 0 Å². The number of benzene rings is 3. The Morgan fingerprint density at radius 2 is 1.64 bits per heavy atom. The lowest BCUT2D eigenvalue weighted by atomic mass is 10.0. The van der Waals surface area contributed by atoms with E-state index in [4.69, 9.17) is 9.47 Å². The highest BCUT2D eigenvalue weighted by molar-refractivity contribution is 7.92. The number of aryl methyl sites for hydroxylation is 2. The summed E-state index contributed by atoms with van der Waals surface area (Å²) in [6.07, 6.45) is 0.647. The number of anilines is 1. The first-order valence-corrected chi connectivity index (χ1v) is 13.4. The van der Waals surface area contributed by atoms with Crippen molar-refractivity contribution in [3.8, 4) is 11.5 Å². The number of nitrogens with zero attached hydrogens (tertiary/aromatic N) is 1. The van der Waals surface area contributed by atoms with Crippen LogP contribution in [0, 0.1) is 13.8 Å². The van der Waals surface area contributed by atoms with Crippen LogP contribution in [0.3, 0.4) is 0 Å². The third kappa shape index (κ3) is 6.37. The second kappa shape index (κ2) is 11.9. The lowest BCUT2D eigenvalue weighted by Gasteiger charge is -2.26. The molecule has 3 aromatic carbocycles. The predicted molar refractivity (Wildman–Crippen MR) is 142 cm³/mol. The zero-order valence-corrected chi connectivity index (χ0v) is 22.3. The van der Waals surface area contributed by atoms with Crippen molar-refractivity contribution in [2.75, 3.05) is 24.6 Å². The molecular weight excluding hydrogens is 476 g/mol. The second-order valence-corrected chi connectivity index (χ2v) is 10.4. The Kier molecular flexibility index (Phi) is 8.98. The number of rotatable bonds is 11. The molecule has 0 fully saturated rings. The normalized spacial score (nSPS) is 12.0. The van der Waals surface area contributed by atoms with Crippen LogP contribution in [0.15, 0.2) is 71.6 Å². The van der Waals surface area contributed by atoms with Crippen LogP contribution in [-0.2, 0) is 14.8 Å². The van der Waals surface area contributed by atoms with E-state index < -0.39 is 15.9 Å². The number of sulfonamides is 1. The maximum absolute atomic E-state index is 13.7. The molecule has 3 aromatic rings. The summed E-state index contributed by atoms with van der Waals surface area (Å²) >= 11 is 0. The molecule has 7 nitrogen and oxygen atoms in total. The van der Waals surface area contributed by atoms with Gasteiger partial charge >= 0.3 is 0 Å². The van der Waals surface area contributed by atoms with Crippen LogP contribution in [0.4, 0.5) is 5.69 Å². The number of nitrogens with one attached hydrogen (secondary N) is 1. The summed E-state index contributed by atoms with van der Waals surface area (Å²) in [5, 5.41) is 3.00. The molecule has 0 aliphatic heterocycles. The molecule has 0 heterocycles. The fourth-order valence-electron chi connectivity index (χ4n) is 3.94. The molecule has 0 bridgehead atoms. The minimum absolute atomic E-state index is 0.0807. The summed E-state index contributed by atoms with van der Waals surface area (Å²) in [7, 11) is -2.40. The molecule has 1 unspecified atom stereocenters. The van der Waals surface area contributed by atoms with E-state index in [2.05, 4.69) is 5.32 Å². The highest BCUT2D eigenvalue weighted by atomic mass is 32.2. The minimum atomic E-state index is -4.02. The first kappa shape index (κ1) is 27.1. The molecule has 0 saturated carbocycles. The zero-order chi connectivity index (χ0) is 26.3. The predicted octanol–water partition coefficient (Wildman–Crippen LogP) is 5.17. The van der Waals surface area contributed by atoms with Crippen LogP contribution >= 0.6 is 0 Å². The molecule has 192 valence electrons. The summed E-state index contributed by atoms with van der Waals surface area (Å²) in [4.78, 5) is 13.3. The Bertz CT molecular complexity index is 1270. The van der Waals surface area contributed by atoms with Crippen molar-refractivity contribution in [2.45, 2.75) is 45.1 Å². The van der Waals surface area contributed by atoms with Crippen molar-refractivity contribution in [1.82, 2.24) is 5.32 Å². The minimum Gasteiger partial charge on any atom is -0.496 e. The highest BCUT2D eigenvalue weighted by Gasteiger charge is 2.28. The average Bonchev–Trinajstić information content (AvgIpc) is 2.87. The molecule has 1 amide bonds. The van der Waals surface area contributed by atoms with Crippen LogP contribution in [0.5, 0.6) is 11.5 Å². The van der Waals surface area contributed by atoms with Gasteiger partial charge in [-0.1, -0.05) is 36.8 Å². The lowest BCUT2D eigenvalue weighted by molar-refractivity contribution is -0.120. The SMILES string of the molecule is CCOc1ccc(S(=O)(=O)N(CC(=O)NC(CC)c2ccc(OC)c(C)c2)c2ccc(C)cc2)cc1. The third-order valence-electron chi connectivity index (χ3n) is 5.90. The molecule has 1 atom stereocenters. The molecule has 0 spiro atoms. The summed E-state index contributed by atoms with van der Waals surface area (Å²) in [6.45, 7) is 7.82. The summed E-state index contributed by atoms with van der Waals surface area (Å²) in [6, 6.07) is 18.8. The van der Waals surface area contributed by atoms with E-state index in [-0.39, 0.29) is 17.5 Å². The highest BCUT2D eigenvalue weighted by Crippen LogP contribution is 2.27. The molecule has 0 saturated heterocycles. The molecular formula is C28H34N2O5S. The standard InChI is InChI=1S/C28H34N2O5S/c1-6-26(22-10-17-27(34-5)21(4)18-22)29-28(31)19-30(23-11-8-20(3)9-12-23)36(32,33)25-15-13-24(14-16-25)35-7-2/h8-18,26H,6-7,19H2,1-5H3,(H,29,31). The van der Waals surface area contributed by atoms with E-state index in [1.165, 1.54) is 12.1 Å². The van der Waals surface area contributed by atoms with E-state index in [0.29, 0.717) is 24.5 Å². The number of carbonyl (C=O) groups excluding carboxylic acids is 1. The Hall–Kier alpha value is -3.52. The number of methoxy groups -OCH3 is 1. The van der Waals surface area contributed by atoms with Gasteiger partial charge < -0.3 is 14.8 Å². The van der Waals surface area contributed by atoms with Gasteiger partial charge in [-0.25, -0.2) is 8.42 Å². The summed E-state index contributed by atoms with van der Waals surface area (Å²) < 4.78 is 39.2. The molecule has 1 N–H and O–H groups in total. The molecule has 0 aliphatic rings. The number of hydrogen-bond donors (Lipinski definition) is 1. The van der Waals surface area contributed by atoms with Crippen LogP contribution in [0.1, 0.15) is 43.0 Å². The van der Waals surface area contributed by atoms with Gasteiger partial charge in [0.1, 0.15) is 18.0 Å². The van der Waals surface area contributed by atoms with Gasteiger partial charge in [-0.3, -0.25) is 9.10 Å². The van der Waals surface area contributed by atoms with E-state index in [1.54, 1.807) is 31.4 Å². The second-order valence-electron chi connectivity index (χ2n) is 8.51. The van der Waals surface area contributed by atoms with Gasteiger partial charge in [0.05, 0.1) is 30.3 Å². The van der Waals surface area contributed by atoms with Gasteiger partial charge in [-0.2, -0.15) is 0 Å². The van der Waals surface area contributed by atoms with Gasteiger partial charge in [-0.15, -0.1) is 0 Å². The van der Waals surface area contributed by atoms with Gasteiger partial charge in [0.2, 0.25) is 5.91 Å². The van der Waals surface area contributed by atoms with Crippen LogP contribution in [0.2, 0.25) is 0 Å². The van der Waals surface area contributed by atoms with Gasteiger partial charge in [0, 0.05) is 0 Å². The first-order valence-electron chi connectivity index (χ1n) is 12.0. The third-order valence-corrected chi connectivity index (χ3v) is 7.68. The number of hydrogen-bond acceptors (Lipinski definition) is 5. The van der Waals surface area contributed by atoms with Crippen molar-refractivity contribution in [2.24, 2.45) is 0 Å². The van der Waals surface area contributed by atoms with Crippen LogP contribution < -0.4 is 19.1 Å². The summed E-state index contributed by atoms with van der Waals surface area (Å²) in [5.41, 5.74) is 3.29. The van der Waals surface area contributed by atoms with Gasteiger partial charge in [0.25, 0.3) is 10.0 Å². The molecule has 8 heteroatoms. The Labute approximate surface area is 214 Å². The van der Waals surface area contributed by atoms with Crippen molar-refractivity contribution in [1.29, 1.82) is 0 Å². The van der Waals surface area contributed by atoms with E-state index in [1.807, 2.05) is 58.0 Å². The fourth-order valence-corrected chi connectivity index (χ4v) is 5.36. The Balaban J connectivity index is 1.89. The Morgan fingerprint density at radius 1 is 0.972 bits per heavy atom. The fraction of sp³-hybridized carbons (Fsp3) is 0.321. The van der Waals surface area contributed by atoms with Gasteiger partial charge in [0.15, 0.2) is 0 Å². The number of ether oxygens (including phenoxy) is 2. The van der Waals surface area contributed by atoms with E-state index in [0.717, 1.165) is 26.7 Å². The van der Waals surface area contributed by atoms with Crippen molar-refractivity contribution >= 4 is 21.6 Å². The zero-order valence-electron chi connectivity index (χ0n) is 21.4. The number of carbonyl (C=O) groups is 1. The maximum Gasteiger partial charge on any atom is 0.264 e. The molecule has 36 heavy (non-hydrogen) atoms. The van der Waals surface area contributed by atoms with Crippen molar-refractivity contribution < 1.29 is 22.7 Å². The Morgan fingerprint density at radius 3 is 2.19 bits per heavy atom. The molecule has 0 aromatic heterocycles. The summed E-state index contributed by atoms with van der Waals surface area (Å²) in [5.74, 6) is 0.953. The smallest absolute Gasteiger partial charge is 0.264 e. The molecule has 3 rings (SSSR count). The lowest BCUT2D eigenvalue weighted by Crippen LogP contribution is -2.42. The van der Waals surface area contributed by atoms with E-state index >= 15 is 0 Å². The number of amides is 1. The van der Waals surface area contributed by atoms with Crippen molar-refractivity contribution in [3.05, 3.63) is 83.4 Å². The van der Waals surface area contributed by atoms with E-state index in [9.17, 15) is 13.2 Å². The average molecular weight is 511 g/mol. The monoisotopic (exact) mass is 510 g/mol. The van der Waals surface area contributed by atoms with Gasteiger partial charge in [-0.05, 0) is 80.8 Å². The quantitative estimate of drug-likeness (QED) is 0.385. The topological polar surface area (TPSA) is 84.9 Å². The largest absolute Gasteiger partial charge is 0.496 e. The molecule has 0 radical (unpaired) electrons. The molecule has 0 aliphatic carbocycles. The maximum atomic E-state index is 13.7. The first-order chi connectivity index (χ1) is 17.2.